The van der Waals surface area contributed by atoms with E-state index in [4.69, 9.17) is 5.11 Å². The van der Waals surface area contributed by atoms with Crippen molar-refractivity contribution in [1.82, 2.24) is 10.2 Å². The fourth-order valence-corrected chi connectivity index (χ4v) is 2.16. The Hall–Kier alpha value is -3.02. The molecule has 0 saturated heterocycles. The van der Waals surface area contributed by atoms with E-state index in [1.165, 1.54) is 0 Å². The summed E-state index contributed by atoms with van der Waals surface area (Å²) in [6.07, 6.45) is 0. The lowest BCUT2D eigenvalue weighted by molar-refractivity contribution is 0.0692. The van der Waals surface area contributed by atoms with Crippen molar-refractivity contribution in [1.29, 1.82) is 0 Å². The average molecular weight is 283 g/mol. The Balaban J connectivity index is 1.84. The summed E-state index contributed by atoms with van der Waals surface area (Å²) in [5.74, 6) is -0.848. The molecular formula is C15H13N3O3. The van der Waals surface area contributed by atoms with Gasteiger partial charge in [-0.15, -0.1) is 0 Å². The minimum Gasteiger partial charge on any atom is -0.508 e. The fraction of sp³-hybridized carbons (Fsp3) is 0.0667. The van der Waals surface area contributed by atoms with Crippen molar-refractivity contribution in [2.45, 2.75) is 6.54 Å². The number of hydrogen-bond donors (Lipinski definition) is 4. The van der Waals surface area contributed by atoms with Crippen LogP contribution >= 0.6 is 0 Å². The van der Waals surface area contributed by atoms with E-state index in [-0.39, 0.29) is 11.4 Å². The third kappa shape index (κ3) is 2.64. The highest BCUT2D eigenvalue weighted by atomic mass is 16.4. The van der Waals surface area contributed by atoms with Crippen molar-refractivity contribution in [2.75, 3.05) is 5.32 Å². The Bertz CT molecular complexity index is 811. The molecule has 3 rings (SSSR count). The van der Waals surface area contributed by atoms with E-state index in [1.54, 1.807) is 30.3 Å². The molecule has 0 aliphatic rings. The van der Waals surface area contributed by atoms with Gasteiger partial charge in [0.2, 0.25) is 0 Å². The van der Waals surface area contributed by atoms with E-state index in [0.29, 0.717) is 17.4 Å². The largest absolute Gasteiger partial charge is 0.508 e. The number of phenolic OH excluding ortho intramolecular Hbond substituents is 1. The number of anilines is 1. The number of rotatable bonds is 4. The first kappa shape index (κ1) is 13.0. The third-order valence-corrected chi connectivity index (χ3v) is 3.17. The van der Waals surface area contributed by atoms with E-state index in [9.17, 15) is 9.90 Å². The van der Waals surface area contributed by atoms with Gasteiger partial charge in [-0.25, -0.2) is 4.79 Å². The second-order valence-corrected chi connectivity index (χ2v) is 4.66. The average Bonchev–Trinajstić information content (AvgIpc) is 2.88. The molecule has 1 heterocycles. The van der Waals surface area contributed by atoms with Crippen molar-refractivity contribution in [2.24, 2.45) is 0 Å². The summed E-state index contributed by atoms with van der Waals surface area (Å²) in [6.45, 7) is 0.528. The minimum absolute atomic E-state index is 0.00556. The number of aromatic carboxylic acids is 1. The SMILES string of the molecule is O=C(O)c1n[nH]c2ccc(NCc3cccc(O)c3)cc12. The Morgan fingerprint density at radius 2 is 2.10 bits per heavy atom. The molecule has 0 fully saturated rings. The first-order valence-electron chi connectivity index (χ1n) is 6.37. The highest BCUT2D eigenvalue weighted by molar-refractivity contribution is 6.01. The van der Waals surface area contributed by atoms with E-state index >= 15 is 0 Å². The lowest BCUT2D eigenvalue weighted by Gasteiger charge is -2.07. The summed E-state index contributed by atoms with van der Waals surface area (Å²) in [6, 6.07) is 12.3. The number of phenols is 1. The maximum atomic E-state index is 11.1. The van der Waals surface area contributed by atoms with Crippen LogP contribution in [-0.2, 0) is 6.54 Å². The van der Waals surface area contributed by atoms with E-state index in [2.05, 4.69) is 15.5 Å². The van der Waals surface area contributed by atoms with Crippen molar-refractivity contribution < 1.29 is 15.0 Å². The number of H-pyrrole nitrogens is 1. The molecule has 0 unspecified atom stereocenters. The Kier molecular flexibility index (Phi) is 3.19. The second-order valence-electron chi connectivity index (χ2n) is 4.66. The smallest absolute Gasteiger partial charge is 0.357 e. The zero-order valence-corrected chi connectivity index (χ0v) is 11.0. The zero-order valence-electron chi connectivity index (χ0n) is 11.0. The molecule has 0 amide bonds. The first-order valence-corrected chi connectivity index (χ1v) is 6.37. The summed E-state index contributed by atoms with van der Waals surface area (Å²) in [4.78, 5) is 11.1. The molecule has 0 aliphatic carbocycles. The Labute approximate surface area is 120 Å². The van der Waals surface area contributed by atoms with Crippen molar-refractivity contribution in [3.05, 3.63) is 53.7 Å². The molecule has 0 aliphatic heterocycles. The maximum Gasteiger partial charge on any atom is 0.357 e. The van der Waals surface area contributed by atoms with Gasteiger partial charge in [-0.05, 0) is 35.9 Å². The number of carboxylic acid groups (broad SMARTS) is 1. The maximum absolute atomic E-state index is 11.1. The van der Waals surface area contributed by atoms with Gasteiger partial charge >= 0.3 is 5.97 Å². The van der Waals surface area contributed by atoms with Crippen LogP contribution in [-0.4, -0.2) is 26.4 Å². The molecule has 0 atom stereocenters. The molecule has 6 nitrogen and oxygen atoms in total. The number of nitrogens with zero attached hydrogens (tertiary/aromatic N) is 1. The summed E-state index contributed by atoms with van der Waals surface area (Å²) in [7, 11) is 0. The predicted molar refractivity (Wildman–Crippen MR) is 78.5 cm³/mol. The lowest BCUT2D eigenvalue weighted by atomic mass is 10.1. The van der Waals surface area contributed by atoms with Crippen LogP contribution in [0.25, 0.3) is 10.9 Å². The van der Waals surface area contributed by atoms with Crippen LogP contribution in [0.2, 0.25) is 0 Å². The van der Waals surface area contributed by atoms with Crippen LogP contribution in [0.3, 0.4) is 0 Å². The van der Waals surface area contributed by atoms with Gasteiger partial charge in [-0.3, -0.25) is 5.10 Å². The van der Waals surface area contributed by atoms with Crippen molar-refractivity contribution in [3.8, 4) is 5.75 Å². The van der Waals surface area contributed by atoms with Crippen LogP contribution in [0.1, 0.15) is 16.1 Å². The highest BCUT2D eigenvalue weighted by Crippen LogP contribution is 2.21. The summed E-state index contributed by atoms with van der Waals surface area (Å²) in [5, 5.41) is 28.7. The molecule has 0 radical (unpaired) electrons. The highest BCUT2D eigenvalue weighted by Gasteiger charge is 2.12. The number of aromatic amines is 1. The number of aromatic nitrogens is 2. The van der Waals surface area contributed by atoms with Crippen LogP contribution < -0.4 is 5.32 Å². The Morgan fingerprint density at radius 3 is 2.86 bits per heavy atom. The number of hydrogen-bond acceptors (Lipinski definition) is 4. The summed E-state index contributed by atoms with van der Waals surface area (Å²) < 4.78 is 0. The summed E-state index contributed by atoms with van der Waals surface area (Å²) >= 11 is 0. The van der Waals surface area contributed by atoms with E-state index in [0.717, 1.165) is 11.3 Å². The lowest BCUT2D eigenvalue weighted by Crippen LogP contribution is -2.00. The number of fused-ring (bicyclic) bond motifs is 1. The van der Waals surface area contributed by atoms with Crippen molar-refractivity contribution in [3.63, 3.8) is 0 Å². The quantitative estimate of drug-likeness (QED) is 0.590. The van der Waals surface area contributed by atoms with Gasteiger partial charge in [0.05, 0.1) is 5.52 Å². The molecule has 0 bridgehead atoms. The molecule has 4 N–H and O–H groups in total. The first-order chi connectivity index (χ1) is 10.1. The van der Waals surface area contributed by atoms with Gasteiger partial charge in [0, 0.05) is 17.6 Å². The predicted octanol–water partition coefficient (Wildman–Crippen LogP) is 2.58. The number of nitrogens with one attached hydrogen (secondary N) is 2. The van der Waals surface area contributed by atoms with Crippen LogP contribution in [0.5, 0.6) is 5.75 Å². The van der Waals surface area contributed by atoms with Gasteiger partial charge < -0.3 is 15.5 Å². The standard InChI is InChI=1S/C15H13N3O3/c19-11-3-1-2-9(6-11)8-16-10-4-5-13-12(7-10)14(15(20)21)18-17-13/h1-7,16,19H,8H2,(H,17,18)(H,20,21). The number of aromatic hydroxyl groups is 1. The normalized spacial score (nSPS) is 10.7. The molecule has 1 aromatic heterocycles. The van der Waals surface area contributed by atoms with Gasteiger partial charge in [-0.2, -0.15) is 5.10 Å². The molecule has 0 saturated carbocycles. The minimum atomic E-state index is -1.06. The van der Waals surface area contributed by atoms with Crippen LogP contribution in [0, 0.1) is 0 Å². The molecule has 6 heteroatoms. The molecular weight excluding hydrogens is 270 g/mol. The van der Waals surface area contributed by atoms with Crippen LogP contribution in [0.15, 0.2) is 42.5 Å². The zero-order chi connectivity index (χ0) is 14.8. The number of benzene rings is 2. The molecule has 0 spiro atoms. The molecule has 3 aromatic rings. The van der Waals surface area contributed by atoms with Gasteiger partial charge in [-0.1, -0.05) is 12.1 Å². The third-order valence-electron chi connectivity index (χ3n) is 3.17. The van der Waals surface area contributed by atoms with E-state index in [1.807, 2.05) is 12.1 Å². The molecule has 21 heavy (non-hydrogen) atoms. The van der Waals surface area contributed by atoms with Gasteiger partial charge in [0.15, 0.2) is 5.69 Å². The monoisotopic (exact) mass is 283 g/mol. The fourth-order valence-electron chi connectivity index (χ4n) is 2.16. The second kappa shape index (κ2) is 5.16. The van der Waals surface area contributed by atoms with Crippen LogP contribution in [0.4, 0.5) is 5.69 Å². The number of carbonyl (C=O) groups is 1. The Morgan fingerprint density at radius 1 is 1.24 bits per heavy atom. The summed E-state index contributed by atoms with van der Waals surface area (Å²) in [5.41, 5.74) is 2.40. The van der Waals surface area contributed by atoms with Gasteiger partial charge in [0.1, 0.15) is 5.75 Å². The molecule has 2 aromatic carbocycles. The van der Waals surface area contributed by atoms with Crippen molar-refractivity contribution >= 4 is 22.6 Å². The van der Waals surface area contributed by atoms with E-state index < -0.39 is 5.97 Å². The topological polar surface area (TPSA) is 98.2 Å². The number of carboxylic acids is 1. The molecule has 106 valence electrons. The van der Waals surface area contributed by atoms with Gasteiger partial charge in [0.25, 0.3) is 0 Å².